The second kappa shape index (κ2) is 10.3. The Morgan fingerprint density at radius 1 is 1.22 bits per heavy atom. The van der Waals surface area contributed by atoms with Gasteiger partial charge >= 0.3 is 0 Å². The molecule has 2 aromatic rings. The number of anilines is 2. The zero-order valence-electron chi connectivity index (χ0n) is 16.8. The summed E-state index contributed by atoms with van der Waals surface area (Å²) < 4.78 is 0. The summed E-state index contributed by atoms with van der Waals surface area (Å²) in [5.74, 6) is 0.461. The maximum Gasteiger partial charge on any atom is 0.132 e. The number of para-hydroxylation sites is 1. The number of benzene rings is 2. The predicted octanol–water partition coefficient (Wildman–Crippen LogP) is 5.95. The van der Waals surface area contributed by atoms with E-state index in [9.17, 15) is 0 Å². The van der Waals surface area contributed by atoms with Gasteiger partial charge in [0, 0.05) is 31.1 Å². The molecule has 0 aliphatic rings. The lowest BCUT2D eigenvalue weighted by atomic mass is 10.1. The standard InChI is InChI=1S/C23H30N4/c1-5-7-14-25-21-17-19(16-18(3)22(21)26-15-8-6-2)23(24)27(4)20-12-10-9-11-13-20/h5,7,9-13,15-17,24-25H,6,8,14H2,1-4H3/b7-5+,24-23?,26-15?. The van der Waals surface area contributed by atoms with Gasteiger partial charge in [0.05, 0.1) is 11.4 Å². The number of unbranched alkanes of at least 4 members (excludes halogenated alkanes) is 1. The van der Waals surface area contributed by atoms with Gasteiger partial charge in [0.15, 0.2) is 0 Å². The molecule has 2 N–H and O–H groups in total. The van der Waals surface area contributed by atoms with Crippen molar-refractivity contribution < 1.29 is 0 Å². The van der Waals surface area contributed by atoms with Crippen LogP contribution in [0.4, 0.5) is 17.1 Å². The molecule has 0 aliphatic carbocycles. The fraction of sp³-hybridized carbons (Fsp3) is 0.304. The van der Waals surface area contributed by atoms with Crippen LogP contribution >= 0.6 is 0 Å². The third-order valence-electron chi connectivity index (χ3n) is 4.34. The first-order chi connectivity index (χ1) is 13.1. The molecule has 0 saturated carbocycles. The predicted molar refractivity (Wildman–Crippen MR) is 119 cm³/mol. The minimum absolute atomic E-state index is 0.461. The number of allylic oxidation sites excluding steroid dienone is 1. The van der Waals surface area contributed by atoms with Crippen molar-refractivity contribution in [3.8, 4) is 0 Å². The molecular weight excluding hydrogens is 332 g/mol. The van der Waals surface area contributed by atoms with Gasteiger partial charge in [-0.2, -0.15) is 0 Å². The number of hydrogen-bond acceptors (Lipinski definition) is 3. The van der Waals surface area contributed by atoms with Crippen molar-refractivity contribution in [2.24, 2.45) is 4.99 Å². The van der Waals surface area contributed by atoms with Gasteiger partial charge in [0.2, 0.25) is 0 Å². The number of aryl methyl sites for hydroxylation is 1. The largest absolute Gasteiger partial charge is 0.380 e. The second-order valence-electron chi connectivity index (χ2n) is 6.48. The summed E-state index contributed by atoms with van der Waals surface area (Å²) in [4.78, 5) is 6.58. The van der Waals surface area contributed by atoms with Gasteiger partial charge in [-0.15, -0.1) is 0 Å². The minimum Gasteiger partial charge on any atom is -0.380 e. The molecule has 2 rings (SSSR count). The van der Waals surface area contributed by atoms with Crippen molar-refractivity contribution >= 4 is 29.1 Å². The monoisotopic (exact) mass is 362 g/mol. The molecule has 142 valence electrons. The number of hydrogen-bond donors (Lipinski definition) is 2. The number of nitrogens with zero attached hydrogens (tertiary/aromatic N) is 2. The Balaban J connectivity index is 2.37. The molecule has 4 heteroatoms. The van der Waals surface area contributed by atoms with E-state index in [0.717, 1.165) is 47.6 Å². The molecule has 0 aromatic heterocycles. The molecular formula is C23H30N4. The molecule has 0 radical (unpaired) electrons. The molecule has 0 amide bonds. The average Bonchev–Trinajstić information content (AvgIpc) is 2.69. The van der Waals surface area contributed by atoms with Crippen LogP contribution in [0.1, 0.15) is 37.8 Å². The molecule has 0 atom stereocenters. The van der Waals surface area contributed by atoms with Gasteiger partial charge in [-0.05, 0) is 50.1 Å². The SMILES string of the molecule is C/C=C/CNc1cc(C(=N)N(C)c2ccccc2)cc(C)c1N=CCCC. The summed E-state index contributed by atoms with van der Waals surface area (Å²) in [5.41, 5.74) is 4.84. The van der Waals surface area contributed by atoms with Gasteiger partial charge in [0.25, 0.3) is 0 Å². The fourth-order valence-corrected chi connectivity index (χ4v) is 2.77. The smallest absolute Gasteiger partial charge is 0.132 e. The maximum atomic E-state index is 8.66. The summed E-state index contributed by atoms with van der Waals surface area (Å²) in [6.45, 7) is 6.94. The summed E-state index contributed by atoms with van der Waals surface area (Å²) in [6.07, 6.45) is 8.11. The van der Waals surface area contributed by atoms with Crippen molar-refractivity contribution in [1.29, 1.82) is 5.41 Å². The van der Waals surface area contributed by atoms with Crippen molar-refractivity contribution in [1.82, 2.24) is 0 Å². The lowest BCUT2D eigenvalue weighted by Gasteiger charge is -2.22. The van der Waals surface area contributed by atoms with Crippen molar-refractivity contribution in [2.45, 2.75) is 33.6 Å². The molecule has 4 nitrogen and oxygen atoms in total. The molecule has 0 unspecified atom stereocenters. The van der Waals surface area contributed by atoms with Crippen LogP contribution in [0, 0.1) is 12.3 Å². The lowest BCUT2D eigenvalue weighted by Crippen LogP contribution is -2.26. The molecule has 0 heterocycles. The first-order valence-corrected chi connectivity index (χ1v) is 9.48. The first-order valence-electron chi connectivity index (χ1n) is 9.48. The minimum atomic E-state index is 0.461. The van der Waals surface area contributed by atoms with E-state index in [1.807, 2.05) is 73.6 Å². The number of aliphatic imine (C=N–C) groups is 1. The summed E-state index contributed by atoms with van der Waals surface area (Å²) in [5, 5.41) is 12.1. The molecule has 0 aliphatic heterocycles. The van der Waals surface area contributed by atoms with E-state index >= 15 is 0 Å². The number of amidine groups is 1. The Hall–Kier alpha value is -2.88. The third-order valence-corrected chi connectivity index (χ3v) is 4.34. The van der Waals surface area contributed by atoms with Crippen molar-refractivity contribution in [2.75, 3.05) is 23.8 Å². The Bertz CT molecular complexity index is 807. The molecule has 0 bridgehead atoms. The van der Waals surface area contributed by atoms with Crippen LogP contribution in [0.2, 0.25) is 0 Å². The molecule has 0 spiro atoms. The maximum absolute atomic E-state index is 8.66. The van der Waals surface area contributed by atoms with Crippen LogP contribution < -0.4 is 10.2 Å². The van der Waals surface area contributed by atoms with E-state index in [1.54, 1.807) is 0 Å². The Labute approximate surface area is 163 Å². The van der Waals surface area contributed by atoms with Crippen molar-refractivity contribution in [3.05, 3.63) is 65.7 Å². The molecule has 0 saturated heterocycles. The summed E-state index contributed by atoms with van der Waals surface area (Å²) >= 11 is 0. The van der Waals surface area contributed by atoms with E-state index in [2.05, 4.69) is 30.2 Å². The second-order valence-corrected chi connectivity index (χ2v) is 6.48. The number of nitrogens with one attached hydrogen (secondary N) is 2. The third kappa shape index (κ3) is 5.55. The van der Waals surface area contributed by atoms with Gasteiger partial charge in [0.1, 0.15) is 5.84 Å². The molecule has 27 heavy (non-hydrogen) atoms. The van der Waals surface area contributed by atoms with Crippen LogP contribution in [0.5, 0.6) is 0 Å². The van der Waals surface area contributed by atoms with Gasteiger partial charge in [-0.1, -0.05) is 43.7 Å². The van der Waals surface area contributed by atoms with Gasteiger partial charge < -0.3 is 10.2 Å². The highest BCUT2D eigenvalue weighted by atomic mass is 15.1. The zero-order valence-corrected chi connectivity index (χ0v) is 16.8. The van der Waals surface area contributed by atoms with Crippen LogP contribution in [0.25, 0.3) is 0 Å². The highest BCUT2D eigenvalue weighted by Gasteiger charge is 2.14. The Morgan fingerprint density at radius 3 is 2.63 bits per heavy atom. The Morgan fingerprint density at radius 2 is 1.96 bits per heavy atom. The highest BCUT2D eigenvalue weighted by Crippen LogP contribution is 2.31. The summed E-state index contributed by atoms with van der Waals surface area (Å²) in [6, 6.07) is 14.0. The topological polar surface area (TPSA) is 51.5 Å². The fourth-order valence-electron chi connectivity index (χ4n) is 2.77. The summed E-state index contributed by atoms with van der Waals surface area (Å²) in [7, 11) is 1.92. The lowest BCUT2D eigenvalue weighted by molar-refractivity contribution is 1.01. The van der Waals surface area contributed by atoms with Gasteiger partial charge in [-0.25, -0.2) is 0 Å². The Kier molecular flexibility index (Phi) is 7.80. The van der Waals surface area contributed by atoms with E-state index in [-0.39, 0.29) is 0 Å². The molecule has 0 fully saturated rings. The first kappa shape index (κ1) is 20.4. The van der Waals surface area contributed by atoms with Crippen LogP contribution in [-0.2, 0) is 0 Å². The normalized spacial score (nSPS) is 11.3. The van der Waals surface area contributed by atoms with E-state index in [4.69, 9.17) is 5.41 Å². The van der Waals surface area contributed by atoms with E-state index < -0.39 is 0 Å². The quantitative estimate of drug-likeness (QED) is 0.346. The van der Waals surface area contributed by atoms with E-state index in [1.165, 1.54) is 0 Å². The van der Waals surface area contributed by atoms with E-state index in [0.29, 0.717) is 5.84 Å². The zero-order chi connectivity index (χ0) is 19.6. The van der Waals surface area contributed by atoms with Crippen LogP contribution in [0.3, 0.4) is 0 Å². The highest BCUT2D eigenvalue weighted by molar-refractivity contribution is 6.08. The van der Waals surface area contributed by atoms with Crippen molar-refractivity contribution in [3.63, 3.8) is 0 Å². The molecule has 2 aromatic carbocycles. The van der Waals surface area contributed by atoms with Gasteiger partial charge in [-0.3, -0.25) is 10.4 Å². The van der Waals surface area contributed by atoms with Crippen LogP contribution in [0.15, 0.2) is 59.6 Å². The average molecular weight is 363 g/mol. The van der Waals surface area contributed by atoms with Crippen LogP contribution in [-0.4, -0.2) is 25.6 Å². The number of rotatable bonds is 8.